The molecule has 1 aliphatic rings. The Morgan fingerprint density at radius 1 is 0.586 bits per heavy atom. The highest BCUT2D eigenvalue weighted by atomic mass is 35.5. The molecule has 0 saturated heterocycles. The molecule has 0 heterocycles. The van der Waals surface area contributed by atoms with Crippen LogP contribution in [0.5, 0.6) is 0 Å². The molecule has 0 N–H and O–H groups in total. The molecule has 1 atom stereocenters. The molecule has 0 aliphatic heterocycles. The number of halogens is 1. The van der Waals surface area contributed by atoms with E-state index < -0.39 is 0 Å². The number of benzene rings is 1. The van der Waals surface area contributed by atoms with Crippen LogP contribution in [0.3, 0.4) is 0 Å². The molecule has 0 fully saturated rings. The first-order valence-electron chi connectivity index (χ1n) is 13.1. The van der Waals surface area contributed by atoms with Gasteiger partial charge in [-0.05, 0) is 23.6 Å². The second-order valence-corrected chi connectivity index (χ2v) is 9.86. The van der Waals surface area contributed by atoms with E-state index in [0.29, 0.717) is 5.92 Å². The van der Waals surface area contributed by atoms with Gasteiger partial charge in [-0.25, -0.2) is 0 Å². The lowest BCUT2D eigenvalue weighted by Crippen LogP contribution is -1.84. The summed E-state index contributed by atoms with van der Waals surface area (Å²) < 4.78 is 0. The van der Waals surface area contributed by atoms with Crippen LogP contribution >= 0.6 is 11.6 Å². The van der Waals surface area contributed by atoms with Gasteiger partial charge in [-0.15, -0.1) is 0 Å². The van der Waals surface area contributed by atoms with E-state index in [4.69, 9.17) is 11.6 Å². The van der Waals surface area contributed by atoms with Crippen LogP contribution in [-0.2, 0) is 0 Å². The van der Waals surface area contributed by atoms with E-state index in [1.807, 2.05) is 6.07 Å². The third-order valence-electron chi connectivity index (χ3n) is 6.82. The van der Waals surface area contributed by atoms with Gasteiger partial charge in [0.25, 0.3) is 0 Å². The van der Waals surface area contributed by atoms with Crippen LogP contribution < -0.4 is 0 Å². The monoisotopic (exact) mass is 418 g/mol. The average Bonchev–Trinajstić information content (AvgIpc) is 3.44. The van der Waals surface area contributed by atoms with Gasteiger partial charge >= 0.3 is 0 Å². The fourth-order valence-corrected chi connectivity index (χ4v) is 5.16. The molecule has 0 saturated carbocycles. The molecule has 0 bridgehead atoms. The van der Waals surface area contributed by atoms with Gasteiger partial charge in [-0.2, -0.15) is 0 Å². The smallest absolute Gasteiger partial charge is 0.0447 e. The Balaban J connectivity index is 1.23. The standard InChI is InChI=1S/C28H47Cl/c1-2-3-4-5-6-7-8-9-10-11-12-13-14-15-16-17-18-19-20-22-25-26-23-21-24-27(29)28(25)26/h21,23-25H,2-20,22H2,1H3. The number of hydrogen-bond donors (Lipinski definition) is 0. The normalized spacial score (nSPS) is 14.9. The van der Waals surface area contributed by atoms with E-state index in [0.717, 1.165) is 5.02 Å². The van der Waals surface area contributed by atoms with E-state index >= 15 is 0 Å². The molecule has 29 heavy (non-hydrogen) atoms. The highest BCUT2D eigenvalue weighted by molar-refractivity contribution is 6.32. The van der Waals surface area contributed by atoms with Crippen LogP contribution in [0.15, 0.2) is 18.2 Å². The molecule has 0 spiro atoms. The lowest BCUT2D eigenvalue weighted by molar-refractivity contribution is 0.521. The topological polar surface area (TPSA) is 0 Å². The van der Waals surface area contributed by atoms with Gasteiger partial charge in [0, 0.05) is 10.9 Å². The van der Waals surface area contributed by atoms with Gasteiger partial charge in [0.2, 0.25) is 0 Å². The summed E-state index contributed by atoms with van der Waals surface area (Å²) in [6, 6.07) is 6.38. The molecule has 0 aromatic heterocycles. The van der Waals surface area contributed by atoms with Crippen LogP contribution in [0.25, 0.3) is 0 Å². The van der Waals surface area contributed by atoms with Gasteiger partial charge in [0.1, 0.15) is 0 Å². The second-order valence-electron chi connectivity index (χ2n) is 9.45. The van der Waals surface area contributed by atoms with Crippen molar-refractivity contribution in [2.24, 2.45) is 0 Å². The third-order valence-corrected chi connectivity index (χ3v) is 7.15. The van der Waals surface area contributed by atoms with Crippen molar-refractivity contribution in [2.75, 3.05) is 0 Å². The molecule has 1 heteroatoms. The first-order valence-corrected chi connectivity index (χ1v) is 13.5. The van der Waals surface area contributed by atoms with Crippen LogP contribution in [-0.4, -0.2) is 0 Å². The molecule has 2 rings (SSSR count). The number of fused-ring (bicyclic) bond motifs is 1. The molecule has 0 nitrogen and oxygen atoms in total. The van der Waals surface area contributed by atoms with Crippen molar-refractivity contribution < 1.29 is 0 Å². The SMILES string of the molecule is CCCCCCCCCCCCCCCCCCCCCC1c2cccc(Cl)c21. The van der Waals surface area contributed by atoms with Crippen molar-refractivity contribution in [3.63, 3.8) is 0 Å². The Kier molecular flexibility index (Phi) is 13.9. The van der Waals surface area contributed by atoms with E-state index in [2.05, 4.69) is 19.1 Å². The van der Waals surface area contributed by atoms with Crippen LogP contribution in [0.1, 0.15) is 152 Å². The highest BCUT2D eigenvalue weighted by Gasteiger charge is 2.33. The van der Waals surface area contributed by atoms with Crippen molar-refractivity contribution in [3.8, 4) is 0 Å². The van der Waals surface area contributed by atoms with Crippen molar-refractivity contribution in [1.29, 1.82) is 0 Å². The average molecular weight is 419 g/mol. The van der Waals surface area contributed by atoms with Gasteiger partial charge < -0.3 is 0 Å². The Bertz CT molecular complexity index is 521. The van der Waals surface area contributed by atoms with Gasteiger partial charge in [0.05, 0.1) is 0 Å². The second kappa shape index (κ2) is 16.2. The molecule has 1 aromatic rings. The quantitative estimate of drug-likeness (QED) is 0.184. The maximum absolute atomic E-state index is 6.25. The fraction of sp³-hybridized carbons (Fsp3) is 0.786. The van der Waals surface area contributed by atoms with Crippen molar-refractivity contribution in [3.05, 3.63) is 34.3 Å². The molecule has 1 aliphatic carbocycles. The minimum Gasteiger partial charge on any atom is -0.0840 e. The Labute approximate surface area is 187 Å². The molecule has 1 aromatic carbocycles. The molecular formula is C28H47Cl. The summed E-state index contributed by atoms with van der Waals surface area (Å²) >= 11 is 6.25. The molecule has 0 amide bonds. The molecule has 1 unspecified atom stereocenters. The number of rotatable bonds is 20. The summed E-state index contributed by atoms with van der Waals surface area (Å²) in [7, 11) is 0. The summed E-state index contributed by atoms with van der Waals surface area (Å²) in [5, 5.41) is 0.991. The first-order chi connectivity index (χ1) is 14.3. The maximum Gasteiger partial charge on any atom is 0.0447 e. The van der Waals surface area contributed by atoms with Crippen molar-refractivity contribution >= 4 is 11.6 Å². The zero-order valence-electron chi connectivity index (χ0n) is 19.3. The van der Waals surface area contributed by atoms with E-state index in [1.165, 1.54) is 140 Å². The Hall–Kier alpha value is -0.490. The number of hydrogen-bond acceptors (Lipinski definition) is 0. The lowest BCUT2D eigenvalue weighted by Gasteiger charge is -2.04. The Morgan fingerprint density at radius 3 is 1.41 bits per heavy atom. The number of unbranched alkanes of at least 4 members (excludes halogenated alkanes) is 18. The predicted molar refractivity (Wildman–Crippen MR) is 131 cm³/mol. The largest absolute Gasteiger partial charge is 0.0840 e. The van der Waals surface area contributed by atoms with Crippen LogP contribution in [0, 0.1) is 0 Å². The van der Waals surface area contributed by atoms with Crippen LogP contribution in [0.4, 0.5) is 0 Å². The predicted octanol–water partition coefficient (Wildman–Crippen LogP) is 10.6. The summed E-state index contributed by atoms with van der Waals surface area (Å²) in [5.41, 5.74) is 2.96. The van der Waals surface area contributed by atoms with Gasteiger partial charge in [-0.3, -0.25) is 0 Å². The Morgan fingerprint density at radius 2 is 1.00 bits per heavy atom. The van der Waals surface area contributed by atoms with E-state index in [-0.39, 0.29) is 0 Å². The lowest BCUT2D eigenvalue weighted by atomic mass is 10.0. The van der Waals surface area contributed by atoms with Gasteiger partial charge in [-0.1, -0.05) is 153 Å². The fourth-order valence-electron chi connectivity index (χ4n) is 4.85. The summed E-state index contributed by atoms with van der Waals surface area (Å²) in [4.78, 5) is 0. The summed E-state index contributed by atoms with van der Waals surface area (Å²) in [6.45, 7) is 2.30. The summed E-state index contributed by atoms with van der Waals surface area (Å²) in [5.74, 6) is 0.697. The maximum atomic E-state index is 6.25. The highest BCUT2D eigenvalue weighted by Crippen LogP contribution is 2.50. The molecule has 0 radical (unpaired) electrons. The molecular weight excluding hydrogens is 372 g/mol. The van der Waals surface area contributed by atoms with Crippen molar-refractivity contribution in [2.45, 2.75) is 141 Å². The molecule has 166 valence electrons. The summed E-state index contributed by atoms with van der Waals surface area (Å²) in [6.07, 6.45) is 28.9. The van der Waals surface area contributed by atoms with Crippen molar-refractivity contribution in [1.82, 2.24) is 0 Å². The minimum absolute atomic E-state index is 0.697. The zero-order valence-corrected chi connectivity index (χ0v) is 20.1. The first kappa shape index (κ1) is 24.8. The van der Waals surface area contributed by atoms with E-state index in [9.17, 15) is 0 Å². The zero-order chi connectivity index (χ0) is 20.6. The van der Waals surface area contributed by atoms with E-state index in [1.54, 1.807) is 0 Å². The van der Waals surface area contributed by atoms with Crippen LogP contribution in [0.2, 0.25) is 5.02 Å². The third kappa shape index (κ3) is 10.9. The van der Waals surface area contributed by atoms with Gasteiger partial charge in [0.15, 0.2) is 0 Å². The minimum atomic E-state index is 0.697.